The zero-order valence-corrected chi connectivity index (χ0v) is 11.4. The van der Waals surface area contributed by atoms with Gasteiger partial charge in [0.25, 0.3) is 0 Å². The Balaban J connectivity index is 1.97. The van der Waals surface area contributed by atoms with Crippen LogP contribution in [0.5, 0.6) is 0 Å². The molecule has 0 aliphatic rings. The Kier molecular flexibility index (Phi) is 4.53. The maximum atomic E-state index is 13.7. The molecular weight excluding hydrogens is 239 g/mol. The lowest BCUT2D eigenvalue weighted by molar-refractivity contribution is 0.588. The van der Waals surface area contributed by atoms with Crippen molar-refractivity contribution in [3.8, 4) is 0 Å². The van der Waals surface area contributed by atoms with Crippen LogP contribution in [0.25, 0.3) is 0 Å². The number of halogens is 1. The van der Waals surface area contributed by atoms with E-state index in [-0.39, 0.29) is 5.82 Å². The fourth-order valence-electron chi connectivity index (χ4n) is 1.91. The summed E-state index contributed by atoms with van der Waals surface area (Å²) in [4.78, 5) is 1.97. The van der Waals surface area contributed by atoms with Gasteiger partial charge in [0.1, 0.15) is 5.82 Å². The van der Waals surface area contributed by atoms with Crippen molar-refractivity contribution < 1.29 is 4.39 Å². The fraction of sp³-hybridized carbons (Fsp3) is 0.250. The Bertz CT molecular complexity index is 524. The number of hydrogen-bond donors (Lipinski definition) is 1. The third kappa shape index (κ3) is 3.80. The Hall–Kier alpha value is -1.87. The van der Waals surface area contributed by atoms with Gasteiger partial charge < -0.3 is 10.2 Å². The summed E-state index contributed by atoms with van der Waals surface area (Å²) in [5.74, 6) is -0.161. The first-order valence-corrected chi connectivity index (χ1v) is 6.37. The van der Waals surface area contributed by atoms with Gasteiger partial charge in [0.15, 0.2) is 0 Å². The van der Waals surface area contributed by atoms with Gasteiger partial charge in [-0.3, -0.25) is 0 Å². The first-order valence-electron chi connectivity index (χ1n) is 6.37. The van der Waals surface area contributed by atoms with Crippen LogP contribution in [0.15, 0.2) is 48.5 Å². The molecule has 0 aliphatic carbocycles. The van der Waals surface area contributed by atoms with Gasteiger partial charge in [-0.05, 0) is 23.8 Å². The SMILES string of the molecule is CN(C)c1ccc(F)c(CNCc2ccccc2)c1. The first kappa shape index (κ1) is 13.6. The van der Waals surface area contributed by atoms with Crippen molar-refractivity contribution in [3.05, 3.63) is 65.5 Å². The summed E-state index contributed by atoms with van der Waals surface area (Å²) in [6, 6.07) is 15.3. The zero-order valence-electron chi connectivity index (χ0n) is 11.4. The molecular formula is C16H19FN2. The minimum atomic E-state index is -0.161. The van der Waals surface area contributed by atoms with Gasteiger partial charge in [0.2, 0.25) is 0 Å². The molecule has 0 amide bonds. The van der Waals surface area contributed by atoms with E-state index in [0.717, 1.165) is 12.2 Å². The van der Waals surface area contributed by atoms with E-state index < -0.39 is 0 Å². The second kappa shape index (κ2) is 6.34. The first-order chi connectivity index (χ1) is 9.16. The minimum absolute atomic E-state index is 0.161. The highest BCUT2D eigenvalue weighted by atomic mass is 19.1. The standard InChI is InChI=1S/C16H19FN2/c1-19(2)15-8-9-16(17)14(10-15)12-18-11-13-6-4-3-5-7-13/h3-10,18H,11-12H2,1-2H3. The Morgan fingerprint density at radius 3 is 2.42 bits per heavy atom. The molecule has 19 heavy (non-hydrogen) atoms. The van der Waals surface area contributed by atoms with Crippen LogP contribution in [-0.4, -0.2) is 14.1 Å². The molecule has 2 nitrogen and oxygen atoms in total. The van der Waals surface area contributed by atoms with Gasteiger partial charge in [-0.15, -0.1) is 0 Å². The Morgan fingerprint density at radius 1 is 1.00 bits per heavy atom. The van der Waals surface area contributed by atoms with Crippen molar-refractivity contribution in [1.29, 1.82) is 0 Å². The van der Waals surface area contributed by atoms with Crippen molar-refractivity contribution in [2.24, 2.45) is 0 Å². The summed E-state index contributed by atoms with van der Waals surface area (Å²) < 4.78 is 13.7. The summed E-state index contributed by atoms with van der Waals surface area (Å²) >= 11 is 0. The third-order valence-corrected chi connectivity index (χ3v) is 3.03. The summed E-state index contributed by atoms with van der Waals surface area (Å²) in [6.07, 6.45) is 0. The number of benzene rings is 2. The molecule has 0 saturated carbocycles. The summed E-state index contributed by atoms with van der Waals surface area (Å²) in [5, 5.41) is 3.27. The fourth-order valence-corrected chi connectivity index (χ4v) is 1.91. The van der Waals surface area contributed by atoms with Crippen LogP contribution in [0.2, 0.25) is 0 Å². The van der Waals surface area contributed by atoms with E-state index in [2.05, 4.69) is 17.4 Å². The number of nitrogens with one attached hydrogen (secondary N) is 1. The van der Waals surface area contributed by atoms with Gasteiger partial charge in [-0.2, -0.15) is 0 Å². The lowest BCUT2D eigenvalue weighted by atomic mass is 10.1. The van der Waals surface area contributed by atoms with Crippen LogP contribution >= 0.6 is 0 Å². The summed E-state index contributed by atoms with van der Waals surface area (Å²) in [7, 11) is 3.91. The lowest BCUT2D eigenvalue weighted by Crippen LogP contribution is -2.15. The van der Waals surface area contributed by atoms with E-state index in [1.807, 2.05) is 43.3 Å². The smallest absolute Gasteiger partial charge is 0.127 e. The number of hydrogen-bond acceptors (Lipinski definition) is 2. The molecule has 0 spiro atoms. The molecule has 0 radical (unpaired) electrons. The predicted molar refractivity (Wildman–Crippen MR) is 77.7 cm³/mol. The average Bonchev–Trinajstić information content (AvgIpc) is 2.42. The molecule has 0 aromatic heterocycles. The molecule has 0 bridgehead atoms. The summed E-state index contributed by atoms with van der Waals surface area (Å²) in [5.41, 5.74) is 2.91. The van der Waals surface area contributed by atoms with Crippen molar-refractivity contribution >= 4 is 5.69 Å². The van der Waals surface area contributed by atoms with Gasteiger partial charge in [0, 0.05) is 38.4 Å². The van der Waals surface area contributed by atoms with Crippen LogP contribution in [-0.2, 0) is 13.1 Å². The number of rotatable bonds is 5. The predicted octanol–water partition coefficient (Wildman–Crippen LogP) is 3.18. The maximum absolute atomic E-state index is 13.7. The molecule has 1 N–H and O–H groups in total. The monoisotopic (exact) mass is 258 g/mol. The topological polar surface area (TPSA) is 15.3 Å². The Labute approximate surface area is 113 Å². The van der Waals surface area contributed by atoms with E-state index in [1.165, 1.54) is 11.6 Å². The van der Waals surface area contributed by atoms with Crippen molar-refractivity contribution in [1.82, 2.24) is 5.32 Å². The van der Waals surface area contributed by atoms with E-state index >= 15 is 0 Å². The number of nitrogens with zero attached hydrogens (tertiary/aromatic N) is 1. The maximum Gasteiger partial charge on any atom is 0.127 e. The third-order valence-electron chi connectivity index (χ3n) is 3.03. The van der Waals surface area contributed by atoms with Crippen molar-refractivity contribution in [2.45, 2.75) is 13.1 Å². The van der Waals surface area contributed by atoms with Gasteiger partial charge in [-0.25, -0.2) is 4.39 Å². The van der Waals surface area contributed by atoms with Crippen LogP contribution in [0.1, 0.15) is 11.1 Å². The van der Waals surface area contributed by atoms with Crippen LogP contribution in [0.3, 0.4) is 0 Å². The van der Waals surface area contributed by atoms with E-state index in [0.29, 0.717) is 12.1 Å². The van der Waals surface area contributed by atoms with E-state index in [1.54, 1.807) is 6.07 Å². The van der Waals surface area contributed by atoms with Gasteiger partial charge in [0.05, 0.1) is 0 Å². The highest BCUT2D eigenvalue weighted by Gasteiger charge is 2.04. The molecule has 0 heterocycles. The largest absolute Gasteiger partial charge is 0.378 e. The molecule has 0 fully saturated rings. The summed E-state index contributed by atoms with van der Waals surface area (Å²) in [6.45, 7) is 1.27. The highest BCUT2D eigenvalue weighted by molar-refractivity contribution is 5.47. The molecule has 100 valence electrons. The lowest BCUT2D eigenvalue weighted by Gasteiger charge is -2.14. The average molecular weight is 258 g/mol. The molecule has 2 rings (SSSR count). The molecule has 2 aromatic rings. The van der Waals surface area contributed by atoms with E-state index in [9.17, 15) is 4.39 Å². The highest BCUT2D eigenvalue weighted by Crippen LogP contribution is 2.17. The van der Waals surface area contributed by atoms with Crippen molar-refractivity contribution in [3.63, 3.8) is 0 Å². The van der Waals surface area contributed by atoms with Crippen LogP contribution in [0.4, 0.5) is 10.1 Å². The molecule has 0 unspecified atom stereocenters. The molecule has 0 saturated heterocycles. The van der Waals surface area contributed by atoms with Crippen LogP contribution in [0, 0.1) is 5.82 Å². The van der Waals surface area contributed by atoms with Crippen LogP contribution < -0.4 is 10.2 Å². The molecule has 3 heteroatoms. The Morgan fingerprint density at radius 2 is 1.74 bits per heavy atom. The quantitative estimate of drug-likeness (QED) is 0.886. The molecule has 2 aromatic carbocycles. The zero-order chi connectivity index (χ0) is 13.7. The van der Waals surface area contributed by atoms with Gasteiger partial charge in [-0.1, -0.05) is 30.3 Å². The van der Waals surface area contributed by atoms with Gasteiger partial charge >= 0.3 is 0 Å². The molecule has 0 atom stereocenters. The van der Waals surface area contributed by atoms with Crippen molar-refractivity contribution in [2.75, 3.05) is 19.0 Å². The second-order valence-corrected chi connectivity index (χ2v) is 4.76. The normalized spacial score (nSPS) is 10.5. The minimum Gasteiger partial charge on any atom is -0.378 e. The number of anilines is 1. The second-order valence-electron chi connectivity index (χ2n) is 4.76. The molecule has 0 aliphatic heterocycles. The van der Waals surface area contributed by atoms with E-state index in [4.69, 9.17) is 0 Å².